The lowest BCUT2D eigenvalue weighted by atomic mass is 9.83. The van der Waals surface area contributed by atoms with Gasteiger partial charge in [0.05, 0.1) is 18.8 Å². The summed E-state index contributed by atoms with van der Waals surface area (Å²) in [5, 5.41) is 5.98. The molecule has 2 aromatic carbocycles. The lowest BCUT2D eigenvalue weighted by Gasteiger charge is -2.34. The summed E-state index contributed by atoms with van der Waals surface area (Å²) >= 11 is 0. The van der Waals surface area contributed by atoms with Gasteiger partial charge in [-0.1, -0.05) is 36.4 Å². The predicted molar refractivity (Wildman–Crippen MR) is 100 cm³/mol. The first-order valence-corrected chi connectivity index (χ1v) is 8.84. The average molecular weight is 364 g/mol. The number of fused-ring (bicyclic) bond motifs is 2. The molecule has 1 aliphatic carbocycles. The van der Waals surface area contributed by atoms with Crippen molar-refractivity contribution in [3.8, 4) is 5.75 Å². The minimum atomic E-state index is -0.440. The predicted octanol–water partition coefficient (Wildman–Crippen LogP) is 2.95. The molecule has 1 atom stereocenters. The molecule has 6 heteroatoms. The number of carbonyl (C=O) groups excluding carboxylic acids is 2. The van der Waals surface area contributed by atoms with Crippen LogP contribution in [0.1, 0.15) is 29.2 Å². The monoisotopic (exact) mass is 364 g/mol. The summed E-state index contributed by atoms with van der Waals surface area (Å²) in [7, 11) is 1.32. The van der Waals surface area contributed by atoms with Crippen molar-refractivity contribution in [2.75, 3.05) is 13.7 Å². The van der Waals surface area contributed by atoms with Crippen LogP contribution in [0, 0.1) is 0 Å². The van der Waals surface area contributed by atoms with Crippen molar-refractivity contribution in [1.29, 1.82) is 0 Å². The summed E-state index contributed by atoms with van der Waals surface area (Å²) in [6.07, 6.45) is 1.79. The number of amides is 2. The average Bonchev–Trinajstić information content (AvgIpc) is 2.71. The maximum Gasteiger partial charge on any atom is 0.343 e. The van der Waals surface area contributed by atoms with Gasteiger partial charge >= 0.3 is 12.0 Å². The van der Waals surface area contributed by atoms with E-state index < -0.39 is 5.97 Å². The van der Waals surface area contributed by atoms with E-state index in [0.29, 0.717) is 5.75 Å². The molecular weight excluding hydrogens is 344 g/mol. The Balaban J connectivity index is 1.67. The van der Waals surface area contributed by atoms with Crippen molar-refractivity contribution < 1.29 is 19.1 Å². The molecule has 2 aliphatic rings. The first-order chi connectivity index (χ1) is 13.2. The van der Waals surface area contributed by atoms with E-state index in [1.165, 1.54) is 12.7 Å². The number of carbonyl (C=O) groups is 2. The largest absolute Gasteiger partial charge is 0.482 e. The van der Waals surface area contributed by atoms with Gasteiger partial charge in [0.25, 0.3) is 0 Å². The van der Waals surface area contributed by atoms with Gasteiger partial charge in [-0.3, -0.25) is 0 Å². The highest BCUT2D eigenvalue weighted by Crippen LogP contribution is 2.39. The second-order valence-electron chi connectivity index (χ2n) is 6.53. The molecule has 1 aliphatic heterocycles. The van der Waals surface area contributed by atoms with Crippen LogP contribution in [0.15, 0.2) is 54.1 Å². The van der Waals surface area contributed by atoms with Crippen LogP contribution in [0.5, 0.6) is 5.75 Å². The maximum absolute atomic E-state index is 12.3. The number of ether oxygens (including phenoxy) is 2. The highest BCUT2D eigenvalue weighted by molar-refractivity contribution is 5.91. The van der Waals surface area contributed by atoms with E-state index in [-0.39, 0.29) is 18.7 Å². The van der Waals surface area contributed by atoms with E-state index in [0.717, 1.165) is 35.2 Å². The Morgan fingerprint density at radius 3 is 2.85 bits per heavy atom. The summed E-state index contributed by atoms with van der Waals surface area (Å²) in [4.78, 5) is 23.6. The normalized spacial score (nSPS) is 18.0. The van der Waals surface area contributed by atoms with Crippen molar-refractivity contribution >= 4 is 17.7 Å². The fourth-order valence-electron chi connectivity index (χ4n) is 3.62. The van der Waals surface area contributed by atoms with Gasteiger partial charge in [-0.2, -0.15) is 0 Å². The summed E-state index contributed by atoms with van der Waals surface area (Å²) in [5.74, 6) is 0.119. The molecule has 0 spiro atoms. The Bertz CT molecular complexity index is 935. The zero-order valence-electron chi connectivity index (χ0n) is 15.0. The second kappa shape index (κ2) is 7.15. The fourth-order valence-corrected chi connectivity index (χ4v) is 3.62. The highest BCUT2D eigenvalue weighted by Gasteiger charge is 2.32. The van der Waals surface area contributed by atoms with Crippen LogP contribution in [0.4, 0.5) is 4.79 Å². The fraction of sp³-hybridized carbons (Fsp3) is 0.238. The van der Waals surface area contributed by atoms with Crippen LogP contribution in [0.3, 0.4) is 0 Å². The number of nitrogens with one attached hydrogen (secondary N) is 2. The molecule has 2 aromatic rings. The molecule has 2 N–H and O–H groups in total. The number of urea groups is 1. The molecule has 27 heavy (non-hydrogen) atoms. The molecule has 138 valence electrons. The molecule has 0 fully saturated rings. The van der Waals surface area contributed by atoms with Crippen molar-refractivity contribution in [3.63, 3.8) is 0 Å². The molecule has 2 amide bonds. The number of methoxy groups -OCH3 is 1. The third-order valence-electron chi connectivity index (χ3n) is 4.91. The number of esters is 1. The smallest absolute Gasteiger partial charge is 0.343 e. The molecule has 1 unspecified atom stereocenters. The Morgan fingerprint density at radius 2 is 2.00 bits per heavy atom. The maximum atomic E-state index is 12.3. The zero-order chi connectivity index (χ0) is 18.8. The quantitative estimate of drug-likeness (QED) is 0.818. The number of hydrogen-bond donors (Lipinski definition) is 2. The van der Waals surface area contributed by atoms with Gasteiger partial charge in [-0.05, 0) is 41.7 Å². The van der Waals surface area contributed by atoms with Crippen LogP contribution in [-0.4, -0.2) is 25.7 Å². The van der Waals surface area contributed by atoms with Gasteiger partial charge in [0, 0.05) is 5.56 Å². The first-order valence-electron chi connectivity index (χ1n) is 8.84. The lowest BCUT2D eigenvalue weighted by molar-refractivity contribution is -0.142. The van der Waals surface area contributed by atoms with Crippen molar-refractivity contribution in [3.05, 3.63) is 70.8 Å². The van der Waals surface area contributed by atoms with Gasteiger partial charge in [-0.15, -0.1) is 0 Å². The van der Waals surface area contributed by atoms with Gasteiger partial charge in [0.2, 0.25) is 0 Å². The molecule has 1 heterocycles. The van der Waals surface area contributed by atoms with Gasteiger partial charge < -0.3 is 20.1 Å². The molecule has 0 aromatic heterocycles. The molecular formula is C21H20N2O4. The van der Waals surface area contributed by atoms with E-state index in [2.05, 4.69) is 21.4 Å². The van der Waals surface area contributed by atoms with Crippen LogP contribution >= 0.6 is 0 Å². The van der Waals surface area contributed by atoms with Crippen molar-refractivity contribution in [1.82, 2.24) is 10.6 Å². The minimum Gasteiger partial charge on any atom is -0.482 e. The first kappa shape index (κ1) is 17.1. The summed E-state index contributed by atoms with van der Waals surface area (Å²) < 4.78 is 10.1. The summed E-state index contributed by atoms with van der Waals surface area (Å²) in [6.45, 7) is -0.153. The van der Waals surface area contributed by atoms with Gasteiger partial charge in [0.1, 0.15) is 5.75 Å². The molecule has 0 saturated carbocycles. The van der Waals surface area contributed by atoms with Crippen LogP contribution in [0.25, 0.3) is 5.70 Å². The number of benzene rings is 2. The molecule has 4 rings (SSSR count). The molecule has 0 saturated heterocycles. The number of rotatable bonds is 4. The number of hydrogen-bond acceptors (Lipinski definition) is 4. The summed E-state index contributed by atoms with van der Waals surface area (Å²) in [5.41, 5.74) is 5.29. The number of aryl methyl sites for hydroxylation is 1. The van der Waals surface area contributed by atoms with Gasteiger partial charge in [-0.25, -0.2) is 9.59 Å². The van der Waals surface area contributed by atoms with E-state index in [1.807, 2.05) is 36.4 Å². The molecule has 0 bridgehead atoms. The third-order valence-corrected chi connectivity index (χ3v) is 4.91. The SMILES string of the molecule is COC(=O)COc1cccc(C2NC(=O)NC3=C2CCc2ccccc23)c1. The minimum absolute atomic E-state index is 0.153. The molecule has 0 radical (unpaired) electrons. The van der Waals surface area contributed by atoms with Crippen molar-refractivity contribution in [2.45, 2.75) is 18.9 Å². The van der Waals surface area contributed by atoms with Gasteiger partial charge in [0.15, 0.2) is 6.61 Å². The topological polar surface area (TPSA) is 76.7 Å². The van der Waals surface area contributed by atoms with Crippen molar-refractivity contribution in [2.24, 2.45) is 0 Å². The van der Waals surface area contributed by atoms with E-state index in [4.69, 9.17) is 4.74 Å². The van der Waals surface area contributed by atoms with E-state index in [9.17, 15) is 9.59 Å². The van der Waals surface area contributed by atoms with Crippen LogP contribution in [-0.2, 0) is 16.0 Å². The van der Waals surface area contributed by atoms with E-state index in [1.54, 1.807) is 6.07 Å². The third kappa shape index (κ3) is 3.38. The summed E-state index contributed by atoms with van der Waals surface area (Å²) in [6, 6.07) is 15.1. The Hall–Kier alpha value is -3.28. The Labute approximate surface area is 157 Å². The zero-order valence-corrected chi connectivity index (χ0v) is 15.0. The van der Waals surface area contributed by atoms with E-state index >= 15 is 0 Å². The van der Waals surface area contributed by atoms with Crippen LogP contribution in [0.2, 0.25) is 0 Å². The Morgan fingerprint density at radius 1 is 1.15 bits per heavy atom. The standard InChI is InChI=1S/C21H20N2O4/c1-26-18(24)12-27-15-7-4-6-14(11-15)19-17-10-9-13-5-2-3-8-16(13)20(17)23-21(25)22-19/h2-8,11,19H,9-10,12H2,1H3,(H2,22,23,25). The second-order valence-corrected chi connectivity index (χ2v) is 6.53. The van der Waals surface area contributed by atoms with Crippen LogP contribution < -0.4 is 15.4 Å². The Kier molecular flexibility index (Phi) is 4.54. The lowest BCUT2D eigenvalue weighted by Crippen LogP contribution is -2.44. The molecule has 6 nitrogen and oxygen atoms in total. The highest BCUT2D eigenvalue weighted by atomic mass is 16.6.